The van der Waals surface area contributed by atoms with Crippen LogP contribution in [0.2, 0.25) is 5.02 Å². The number of carbonyl (C=O) groups is 2. The molecule has 19 atom stereocenters. The molecule has 28 heteroatoms. The van der Waals surface area contributed by atoms with E-state index in [2.05, 4.69) is 25.9 Å². The lowest BCUT2D eigenvalue weighted by Gasteiger charge is -2.47. The van der Waals surface area contributed by atoms with Crippen molar-refractivity contribution in [1.82, 2.24) is 20.0 Å². The van der Waals surface area contributed by atoms with Crippen molar-refractivity contribution in [2.24, 2.45) is 34.4 Å². The summed E-state index contributed by atoms with van der Waals surface area (Å²) >= 11 is 7.20. The van der Waals surface area contributed by atoms with Crippen molar-refractivity contribution in [2.45, 2.75) is 142 Å². The summed E-state index contributed by atoms with van der Waals surface area (Å²) in [5.74, 6) is -0.629. The van der Waals surface area contributed by atoms with Crippen LogP contribution in [0.4, 0.5) is 10.8 Å². The van der Waals surface area contributed by atoms with Gasteiger partial charge in [-0.3, -0.25) is 14.9 Å². The topological polar surface area (TPSA) is 435 Å². The summed E-state index contributed by atoms with van der Waals surface area (Å²) in [4.78, 5) is 30.2. The number of aliphatic hydroxyl groups excluding tert-OH is 6. The minimum absolute atomic E-state index is 0.0251. The van der Waals surface area contributed by atoms with E-state index in [1.807, 2.05) is 0 Å². The number of rotatable bonds is 17. The van der Waals surface area contributed by atoms with E-state index < -0.39 is 116 Å². The number of nitrogens with one attached hydrogen (secondary N) is 2. The van der Waals surface area contributed by atoms with Crippen LogP contribution >= 0.6 is 22.9 Å². The summed E-state index contributed by atoms with van der Waals surface area (Å²) in [5, 5.41) is 82.4. The molecule has 4 aliphatic rings. The van der Waals surface area contributed by atoms with Crippen LogP contribution in [-0.4, -0.2) is 192 Å². The summed E-state index contributed by atoms with van der Waals surface area (Å²) in [6.07, 6.45) is -18.9. The van der Waals surface area contributed by atoms with Crippen LogP contribution in [0.3, 0.4) is 0 Å². The molecule has 1 saturated carbocycles. The third-order valence-electron chi connectivity index (χ3n) is 13.0. The van der Waals surface area contributed by atoms with Gasteiger partial charge < -0.3 is 98.8 Å². The van der Waals surface area contributed by atoms with Crippen LogP contribution in [0.25, 0.3) is 11.3 Å². The summed E-state index contributed by atoms with van der Waals surface area (Å²) in [6.45, 7) is -0.546. The number of thiazole rings is 1. The molecule has 4 fully saturated rings. The molecule has 4 aromatic rings. The second kappa shape index (κ2) is 23.5. The molecule has 0 radical (unpaired) electrons. The molecule has 394 valence electrons. The van der Waals surface area contributed by atoms with Crippen molar-refractivity contribution < 1.29 is 68.6 Å². The molecule has 0 spiro atoms. The molecule has 5 heterocycles. The standard InChI is InChI=1S/C44H61ClN12O14S/c45-19-5-1-18(2-6-19)40(65)54-44-53-24(16-72-44)17-3-7-20(8-4-17)52-28(58)10-9-21-14-57(56-55-21)15-27-38(70-42-30(51)35(63)33(61)26(13-47)67-42)36(64)43(68-27)71-39-31(59)22(48)11-23(49)37(39)69-41-29(50)34(62)32(60)25(12-46)66-41/h1-8,14,16,22-23,25-27,29-39,41-43,59-64H,9-13,15,46-51H2,(H,52,58)(H,53,54,65)/t22-,23+,25-,26+,27-,29-,30-,31+,32-,33-,34-,35-,36-,37-,38-,39-,41-,42-,43+/m1/s1. The van der Waals surface area contributed by atoms with Crippen molar-refractivity contribution >= 4 is 45.6 Å². The van der Waals surface area contributed by atoms with Gasteiger partial charge in [0, 0.05) is 71.4 Å². The van der Waals surface area contributed by atoms with Gasteiger partial charge in [-0.2, -0.15) is 0 Å². The summed E-state index contributed by atoms with van der Waals surface area (Å²) in [6, 6.07) is 9.09. The van der Waals surface area contributed by atoms with E-state index >= 15 is 0 Å². The molecular formula is C44H61ClN12O14S. The predicted octanol–water partition coefficient (Wildman–Crippen LogP) is -4.00. The highest BCUT2D eigenvalue weighted by Gasteiger charge is 2.54. The van der Waals surface area contributed by atoms with Crippen molar-refractivity contribution in [3.8, 4) is 11.3 Å². The highest BCUT2D eigenvalue weighted by atomic mass is 35.5. The molecule has 0 unspecified atom stereocenters. The van der Waals surface area contributed by atoms with Crippen LogP contribution in [0.5, 0.6) is 0 Å². The van der Waals surface area contributed by atoms with E-state index in [0.717, 1.165) is 5.56 Å². The van der Waals surface area contributed by atoms with E-state index in [-0.39, 0.29) is 50.7 Å². The molecule has 3 aliphatic heterocycles. The van der Waals surface area contributed by atoms with E-state index in [0.29, 0.717) is 32.8 Å². The summed E-state index contributed by atoms with van der Waals surface area (Å²) in [5.41, 5.74) is 39.6. The second-order valence-electron chi connectivity index (χ2n) is 18.1. The van der Waals surface area contributed by atoms with Gasteiger partial charge in [-0.05, 0) is 42.8 Å². The third-order valence-corrected chi connectivity index (χ3v) is 14.1. The van der Waals surface area contributed by atoms with Gasteiger partial charge in [0.15, 0.2) is 24.0 Å². The maximum atomic E-state index is 13.1. The molecule has 26 nitrogen and oxygen atoms in total. The Morgan fingerprint density at radius 3 is 1.94 bits per heavy atom. The van der Waals surface area contributed by atoms with Gasteiger partial charge >= 0.3 is 0 Å². The van der Waals surface area contributed by atoms with Gasteiger partial charge in [-0.25, -0.2) is 9.67 Å². The molecule has 72 heavy (non-hydrogen) atoms. The second-order valence-corrected chi connectivity index (χ2v) is 19.4. The number of aliphatic hydroxyl groups is 6. The Kier molecular flexibility index (Phi) is 17.6. The number of carbonyl (C=O) groups excluding carboxylic acids is 2. The first-order valence-corrected chi connectivity index (χ1v) is 24.4. The van der Waals surface area contributed by atoms with E-state index in [1.54, 1.807) is 60.1 Å². The van der Waals surface area contributed by atoms with Crippen molar-refractivity contribution in [1.29, 1.82) is 0 Å². The summed E-state index contributed by atoms with van der Waals surface area (Å²) < 4.78 is 37.9. The first-order valence-electron chi connectivity index (χ1n) is 23.2. The van der Waals surface area contributed by atoms with Crippen LogP contribution in [0, 0.1) is 0 Å². The Morgan fingerprint density at radius 2 is 1.32 bits per heavy atom. The Hall–Kier alpha value is -4.28. The SMILES string of the molecule is NC[C@@H]1O[C@H](O[C@H]2[C@@H](O)[C@H](O[C@@H]3[C@@H](O)[C@H](N)C[C@H](N)[C@H]3O[C@H]3O[C@H](CN)[C@@H](O)[C@H](O)[C@H]3N)O[C@@H]2Cn2cc(CCC(=O)Nc3ccc(-c4csc(NC(=O)c5ccc(Cl)cc5)n4)cc3)nn2)[C@H](N)[C@@H](O)[C@@H]1O. The zero-order chi connectivity index (χ0) is 51.5. The Labute approximate surface area is 420 Å². The first kappa shape index (κ1) is 54.0. The molecule has 2 aromatic heterocycles. The Bertz CT molecular complexity index is 2430. The average Bonchev–Trinajstić information content (AvgIpc) is 4.10. The van der Waals surface area contributed by atoms with E-state index in [4.69, 9.17) is 74.4 Å². The molecule has 0 bridgehead atoms. The molecule has 3 saturated heterocycles. The summed E-state index contributed by atoms with van der Waals surface area (Å²) in [7, 11) is 0. The third kappa shape index (κ3) is 12.1. The van der Waals surface area contributed by atoms with Crippen molar-refractivity contribution in [3.05, 3.63) is 76.4 Å². The van der Waals surface area contributed by atoms with Gasteiger partial charge in [0.2, 0.25) is 5.91 Å². The Balaban J connectivity index is 0.912. The highest BCUT2D eigenvalue weighted by Crippen LogP contribution is 2.35. The molecule has 8 rings (SSSR count). The minimum atomic E-state index is -1.67. The quantitative estimate of drug-likeness (QED) is 0.0479. The minimum Gasteiger partial charge on any atom is -0.389 e. The number of nitrogens with two attached hydrogens (primary N) is 6. The molecule has 2 amide bonds. The fourth-order valence-electron chi connectivity index (χ4n) is 8.89. The lowest BCUT2D eigenvalue weighted by molar-refractivity contribution is -0.306. The maximum absolute atomic E-state index is 13.1. The fourth-order valence-corrected chi connectivity index (χ4v) is 9.73. The molecule has 20 N–H and O–H groups in total. The van der Waals surface area contributed by atoms with E-state index in [9.17, 15) is 40.2 Å². The van der Waals surface area contributed by atoms with Crippen LogP contribution in [0.15, 0.2) is 60.1 Å². The number of hydrogen-bond donors (Lipinski definition) is 14. The maximum Gasteiger partial charge on any atom is 0.257 e. The van der Waals surface area contributed by atoms with Crippen LogP contribution in [0.1, 0.15) is 28.9 Å². The monoisotopic (exact) mass is 1050 g/mol. The van der Waals surface area contributed by atoms with Crippen molar-refractivity contribution in [3.63, 3.8) is 0 Å². The fraction of sp³-hybridized carbons (Fsp3) is 0.568. The average molecular weight is 1050 g/mol. The smallest absolute Gasteiger partial charge is 0.257 e. The number of halogens is 1. The first-order chi connectivity index (χ1) is 34.4. The number of anilines is 2. The molecule has 1 aliphatic carbocycles. The number of amides is 2. The largest absolute Gasteiger partial charge is 0.389 e. The van der Waals surface area contributed by atoms with Gasteiger partial charge in [-0.15, -0.1) is 16.4 Å². The number of hydrogen-bond acceptors (Lipinski definition) is 24. The predicted molar refractivity (Wildman–Crippen MR) is 255 cm³/mol. The van der Waals surface area contributed by atoms with Gasteiger partial charge in [-0.1, -0.05) is 28.9 Å². The zero-order valence-corrected chi connectivity index (χ0v) is 40.0. The normalized spacial score (nSPS) is 36.0. The van der Waals surface area contributed by atoms with Gasteiger partial charge in [0.1, 0.15) is 67.1 Å². The lowest BCUT2D eigenvalue weighted by Crippen LogP contribution is -2.68. The number of aryl methyl sites for hydroxylation is 1. The van der Waals surface area contributed by atoms with Crippen LogP contribution < -0.4 is 45.0 Å². The van der Waals surface area contributed by atoms with Crippen LogP contribution in [-0.2, 0) is 46.2 Å². The highest BCUT2D eigenvalue weighted by molar-refractivity contribution is 7.14. The molecular weight excluding hydrogens is 988 g/mol. The number of nitrogens with zero attached hydrogens (tertiary/aromatic N) is 4. The number of ether oxygens (including phenoxy) is 6. The van der Waals surface area contributed by atoms with E-state index in [1.165, 1.54) is 16.0 Å². The number of aromatic nitrogens is 4. The lowest BCUT2D eigenvalue weighted by atomic mass is 9.84. The zero-order valence-electron chi connectivity index (χ0n) is 38.5. The van der Waals surface area contributed by atoms with Gasteiger partial charge in [0.05, 0.1) is 36.1 Å². The van der Waals surface area contributed by atoms with Gasteiger partial charge in [0.25, 0.3) is 5.91 Å². The van der Waals surface area contributed by atoms with Crippen molar-refractivity contribution in [2.75, 3.05) is 23.7 Å². The Morgan fingerprint density at radius 1 is 0.722 bits per heavy atom. The number of benzene rings is 2. The molecule has 2 aromatic carbocycles.